The average molecular weight is 430 g/mol. The second-order valence-electron chi connectivity index (χ2n) is 5.79. The number of nitrogens with zero attached hydrogens (tertiary/aromatic N) is 3. The quantitative estimate of drug-likeness (QED) is 0.526. The molecule has 1 aromatic heterocycles. The standard InChI is InChI=1S/C14H16BrN5O4S/c1-14(2,25(23,24)10-5-3-9(15)4-6-10)8-18-13-17-7-11(20(21)22)12(16)19-13/h3-7H,8H2,1-2H3,(H3,16,17,18,19). The Hall–Kier alpha value is -2.27. The van der Waals surface area contributed by atoms with Gasteiger partial charge in [-0.3, -0.25) is 10.1 Å². The van der Waals surface area contributed by atoms with E-state index in [4.69, 9.17) is 5.73 Å². The van der Waals surface area contributed by atoms with Gasteiger partial charge in [0.2, 0.25) is 11.8 Å². The van der Waals surface area contributed by atoms with Gasteiger partial charge in [-0.15, -0.1) is 0 Å². The van der Waals surface area contributed by atoms with Crippen molar-refractivity contribution in [3.05, 3.63) is 45.0 Å². The third-order valence-electron chi connectivity index (χ3n) is 3.52. The van der Waals surface area contributed by atoms with Crippen molar-refractivity contribution in [2.45, 2.75) is 23.5 Å². The molecule has 0 atom stereocenters. The molecule has 134 valence electrons. The maximum atomic E-state index is 12.8. The molecule has 0 saturated heterocycles. The average Bonchev–Trinajstić information content (AvgIpc) is 2.53. The molecule has 0 bridgehead atoms. The van der Waals surface area contributed by atoms with Gasteiger partial charge in [-0.2, -0.15) is 4.98 Å². The molecule has 0 aliphatic carbocycles. The van der Waals surface area contributed by atoms with Crippen molar-refractivity contribution in [1.29, 1.82) is 0 Å². The molecule has 0 unspecified atom stereocenters. The fraction of sp³-hybridized carbons (Fsp3) is 0.286. The number of anilines is 2. The van der Waals surface area contributed by atoms with E-state index < -0.39 is 25.2 Å². The molecule has 25 heavy (non-hydrogen) atoms. The molecular formula is C14H16BrN5O4S. The van der Waals surface area contributed by atoms with Crippen LogP contribution in [0.3, 0.4) is 0 Å². The fourth-order valence-electron chi connectivity index (χ4n) is 1.93. The Bertz CT molecular complexity index is 900. The van der Waals surface area contributed by atoms with Gasteiger partial charge in [0.15, 0.2) is 9.84 Å². The van der Waals surface area contributed by atoms with Gasteiger partial charge in [-0.1, -0.05) is 15.9 Å². The zero-order valence-corrected chi connectivity index (χ0v) is 15.8. The van der Waals surface area contributed by atoms with Crippen LogP contribution in [0.25, 0.3) is 0 Å². The number of hydrogen-bond acceptors (Lipinski definition) is 8. The third kappa shape index (κ3) is 4.04. The Morgan fingerprint density at radius 2 is 1.92 bits per heavy atom. The first kappa shape index (κ1) is 19.1. The highest BCUT2D eigenvalue weighted by Gasteiger charge is 2.36. The van der Waals surface area contributed by atoms with Crippen LogP contribution >= 0.6 is 15.9 Å². The number of nitrogens with two attached hydrogens (primary N) is 1. The highest BCUT2D eigenvalue weighted by molar-refractivity contribution is 9.10. The molecule has 0 aliphatic heterocycles. The van der Waals surface area contributed by atoms with Crippen molar-refractivity contribution in [2.75, 3.05) is 17.6 Å². The fourth-order valence-corrected chi connectivity index (χ4v) is 3.59. The molecule has 1 aromatic carbocycles. The Balaban J connectivity index is 2.19. The number of aromatic nitrogens is 2. The number of nitro groups is 1. The van der Waals surface area contributed by atoms with E-state index in [2.05, 4.69) is 31.2 Å². The van der Waals surface area contributed by atoms with E-state index in [9.17, 15) is 18.5 Å². The molecule has 2 aromatic rings. The number of halogens is 1. The van der Waals surface area contributed by atoms with Crippen LogP contribution in [0, 0.1) is 10.1 Å². The molecule has 0 amide bonds. The number of benzene rings is 1. The van der Waals surface area contributed by atoms with Gasteiger partial charge in [0.05, 0.1) is 14.6 Å². The molecule has 0 aliphatic rings. The zero-order chi connectivity index (χ0) is 18.8. The smallest absolute Gasteiger partial charge is 0.329 e. The maximum absolute atomic E-state index is 12.8. The minimum atomic E-state index is -3.64. The van der Waals surface area contributed by atoms with E-state index >= 15 is 0 Å². The van der Waals surface area contributed by atoms with Gasteiger partial charge in [0.25, 0.3) is 0 Å². The topological polar surface area (TPSA) is 141 Å². The number of nitrogens with one attached hydrogen (secondary N) is 1. The van der Waals surface area contributed by atoms with Gasteiger partial charge in [0.1, 0.15) is 6.20 Å². The molecule has 2 rings (SSSR count). The van der Waals surface area contributed by atoms with Gasteiger partial charge < -0.3 is 11.1 Å². The largest absolute Gasteiger partial charge is 0.378 e. The Morgan fingerprint density at radius 1 is 1.32 bits per heavy atom. The predicted octanol–water partition coefficient (Wildman–Crippen LogP) is 2.39. The van der Waals surface area contributed by atoms with Crippen molar-refractivity contribution < 1.29 is 13.3 Å². The van der Waals surface area contributed by atoms with E-state index in [1.807, 2.05) is 0 Å². The molecule has 3 N–H and O–H groups in total. The highest BCUT2D eigenvalue weighted by Crippen LogP contribution is 2.27. The first-order valence-electron chi connectivity index (χ1n) is 7.05. The molecule has 1 heterocycles. The van der Waals surface area contributed by atoms with Crippen molar-refractivity contribution in [3.8, 4) is 0 Å². The van der Waals surface area contributed by atoms with Crippen molar-refractivity contribution in [2.24, 2.45) is 0 Å². The van der Waals surface area contributed by atoms with Gasteiger partial charge in [-0.05, 0) is 38.1 Å². The summed E-state index contributed by atoms with van der Waals surface area (Å²) in [7, 11) is -3.64. The number of rotatable bonds is 6. The minimum Gasteiger partial charge on any atom is -0.378 e. The first-order valence-corrected chi connectivity index (χ1v) is 9.33. The summed E-state index contributed by atoms with van der Waals surface area (Å²) >= 11 is 3.26. The lowest BCUT2D eigenvalue weighted by Crippen LogP contribution is -2.39. The molecule has 0 spiro atoms. The maximum Gasteiger partial charge on any atom is 0.329 e. The lowest BCUT2D eigenvalue weighted by Gasteiger charge is -2.25. The summed E-state index contributed by atoms with van der Waals surface area (Å²) in [6.07, 6.45) is 0.973. The molecule has 11 heteroatoms. The lowest BCUT2D eigenvalue weighted by molar-refractivity contribution is -0.384. The van der Waals surface area contributed by atoms with Gasteiger partial charge in [-0.25, -0.2) is 13.4 Å². The van der Waals surface area contributed by atoms with Crippen molar-refractivity contribution in [1.82, 2.24) is 9.97 Å². The first-order chi connectivity index (χ1) is 11.5. The summed E-state index contributed by atoms with van der Waals surface area (Å²) in [5, 5.41) is 13.5. The van der Waals surface area contributed by atoms with Crippen LogP contribution in [0.1, 0.15) is 13.8 Å². The Morgan fingerprint density at radius 3 is 2.44 bits per heavy atom. The number of hydrogen-bond donors (Lipinski definition) is 2. The van der Waals surface area contributed by atoms with Crippen LogP contribution in [0.15, 0.2) is 39.8 Å². The van der Waals surface area contributed by atoms with E-state index in [1.165, 1.54) is 12.1 Å². The minimum absolute atomic E-state index is 0.0113. The zero-order valence-electron chi connectivity index (χ0n) is 13.4. The van der Waals surface area contributed by atoms with Gasteiger partial charge >= 0.3 is 5.69 Å². The van der Waals surface area contributed by atoms with Crippen LogP contribution in [-0.2, 0) is 9.84 Å². The van der Waals surface area contributed by atoms with Crippen LogP contribution in [-0.4, -0.2) is 34.6 Å². The number of sulfone groups is 1. The summed E-state index contributed by atoms with van der Waals surface area (Å²) in [5.74, 6) is -0.279. The van der Waals surface area contributed by atoms with Gasteiger partial charge in [0, 0.05) is 11.0 Å². The molecule has 0 fully saturated rings. The summed E-state index contributed by atoms with van der Waals surface area (Å²) in [4.78, 5) is 17.8. The summed E-state index contributed by atoms with van der Waals surface area (Å²) in [6.45, 7) is 3.11. The SMILES string of the molecule is CC(C)(CNc1ncc([N+](=O)[O-])c(N)n1)S(=O)(=O)c1ccc(Br)cc1. The summed E-state index contributed by atoms with van der Waals surface area (Å²) in [6, 6.07) is 6.33. The van der Waals surface area contributed by atoms with Crippen molar-refractivity contribution in [3.63, 3.8) is 0 Å². The van der Waals surface area contributed by atoms with E-state index in [0.29, 0.717) is 0 Å². The third-order valence-corrected chi connectivity index (χ3v) is 6.54. The second-order valence-corrected chi connectivity index (χ2v) is 9.29. The Kier molecular flexibility index (Phi) is 5.28. The number of nitrogen functional groups attached to an aromatic ring is 1. The molecular weight excluding hydrogens is 414 g/mol. The molecule has 0 radical (unpaired) electrons. The molecule has 0 saturated carbocycles. The van der Waals surface area contributed by atoms with E-state index in [1.54, 1.807) is 26.0 Å². The monoisotopic (exact) mass is 429 g/mol. The van der Waals surface area contributed by atoms with Crippen LogP contribution in [0.4, 0.5) is 17.5 Å². The second kappa shape index (κ2) is 6.92. The Labute approximate surface area is 152 Å². The van der Waals surface area contributed by atoms with Crippen LogP contribution in [0.2, 0.25) is 0 Å². The normalized spacial score (nSPS) is 12.0. The van der Waals surface area contributed by atoms with Crippen LogP contribution < -0.4 is 11.1 Å². The van der Waals surface area contributed by atoms with E-state index in [-0.39, 0.29) is 23.2 Å². The van der Waals surface area contributed by atoms with Crippen molar-refractivity contribution >= 4 is 43.2 Å². The molecule has 9 nitrogen and oxygen atoms in total. The predicted molar refractivity (Wildman–Crippen MR) is 97.0 cm³/mol. The summed E-state index contributed by atoms with van der Waals surface area (Å²) in [5.41, 5.74) is 5.09. The highest BCUT2D eigenvalue weighted by atomic mass is 79.9. The van der Waals surface area contributed by atoms with Crippen LogP contribution in [0.5, 0.6) is 0 Å². The summed E-state index contributed by atoms with van der Waals surface area (Å²) < 4.78 is 25.2. The van der Waals surface area contributed by atoms with E-state index in [0.717, 1.165) is 10.7 Å². The lowest BCUT2D eigenvalue weighted by atomic mass is 10.2.